The molecule has 1 heterocycles. The van der Waals surface area contributed by atoms with Crippen molar-refractivity contribution in [2.24, 2.45) is 5.41 Å². The van der Waals surface area contributed by atoms with Gasteiger partial charge in [0, 0.05) is 36.8 Å². The first-order valence-electron chi connectivity index (χ1n) is 11.9. The first-order chi connectivity index (χ1) is 16.7. The van der Waals surface area contributed by atoms with E-state index in [0.29, 0.717) is 11.3 Å². The van der Waals surface area contributed by atoms with Crippen molar-refractivity contribution in [3.8, 4) is 6.07 Å². The topological polar surface area (TPSA) is 76.4 Å². The molecule has 0 saturated carbocycles. The van der Waals surface area contributed by atoms with Gasteiger partial charge in [-0.25, -0.2) is 4.39 Å². The average Bonchev–Trinajstić information content (AvgIpc) is 2.84. The Kier molecular flexibility index (Phi) is 10.6. The molecule has 2 aromatic rings. The molecule has 36 heavy (non-hydrogen) atoms. The summed E-state index contributed by atoms with van der Waals surface area (Å²) in [6, 6.07) is 15.3. The van der Waals surface area contributed by atoms with E-state index in [-0.39, 0.29) is 42.6 Å². The van der Waals surface area contributed by atoms with Gasteiger partial charge in [-0.15, -0.1) is 12.4 Å². The van der Waals surface area contributed by atoms with Gasteiger partial charge in [0.15, 0.2) is 0 Å². The molecule has 2 aromatic carbocycles. The summed E-state index contributed by atoms with van der Waals surface area (Å²) in [7, 11) is 0. The number of hydrogen-bond donors (Lipinski definition) is 1. The Morgan fingerprint density at radius 1 is 1.11 bits per heavy atom. The summed E-state index contributed by atoms with van der Waals surface area (Å²) in [5.74, 6) is -0.797. The molecule has 1 fully saturated rings. The highest BCUT2D eigenvalue weighted by Gasteiger charge is 2.30. The Hall–Kier alpha value is -3.21. The number of halogens is 2. The van der Waals surface area contributed by atoms with Crippen LogP contribution in [-0.4, -0.2) is 48.9 Å². The molecule has 0 bridgehead atoms. The Balaban J connectivity index is 0.00000456. The Morgan fingerprint density at radius 2 is 1.72 bits per heavy atom. The Labute approximate surface area is 219 Å². The normalized spacial score (nSPS) is 14.6. The number of carbonyl (C=O) groups is 2. The van der Waals surface area contributed by atoms with Crippen LogP contribution in [0.1, 0.15) is 44.7 Å². The number of nitrogens with zero attached hydrogens (tertiary/aromatic N) is 3. The third kappa shape index (κ3) is 8.47. The zero-order chi connectivity index (χ0) is 25.4. The number of nitriles is 1. The van der Waals surface area contributed by atoms with Crippen molar-refractivity contribution in [3.63, 3.8) is 0 Å². The van der Waals surface area contributed by atoms with Crippen LogP contribution in [0.15, 0.2) is 54.6 Å². The molecule has 1 saturated heterocycles. The average molecular weight is 513 g/mol. The molecular weight excluding hydrogens is 479 g/mol. The summed E-state index contributed by atoms with van der Waals surface area (Å²) in [5, 5.41) is 12.0. The predicted molar refractivity (Wildman–Crippen MR) is 143 cm³/mol. The predicted octanol–water partition coefficient (Wildman–Crippen LogP) is 4.79. The van der Waals surface area contributed by atoms with Gasteiger partial charge in [-0.05, 0) is 54.8 Å². The third-order valence-electron chi connectivity index (χ3n) is 5.99. The Morgan fingerprint density at radius 3 is 2.28 bits per heavy atom. The molecule has 8 heteroatoms. The van der Waals surface area contributed by atoms with Crippen LogP contribution in [0, 0.1) is 22.6 Å². The second-order valence-electron chi connectivity index (χ2n) is 9.90. The van der Waals surface area contributed by atoms with Crippen LogP contribution in [0.25, 0.3) is 6.08 Å². The van der Waals surface area contributed by atoms with E-state index in [1.807, 2.05) is 18.2 Å². The van der Waals surface area contributed by atoms with E-state index in [0.717, 1.165) is 38.0 Å². The van der Waals surface area contributed by atoms with Gasteiger partial charge in [0.2, 0.25) is 11.8 Å². The molecule has 1 aliphatic heterocycles. The second-order valence-corrected chi connectivity index (χ2v) is 9.90. The maximum absolute atomic E-state index is 13.4. The van der Waals surface area contributed by atoms with Gasteiger partial charge in [0.1, 0.15) is 12.4 Å². The fraction of sp³-hybridized carbons (Fsp3) is 0.393. The van der Waals surface area contributed by atoms with Gasteiger partial charge >= 0.3 is 0 Å². The summed E-state index contributed by atoms with van der Waals surface area (Å²) in [6.07, 6.45) is 5.82. The van der Waals surface area contributed by atoms with Crippen LogP contribution in [0.5, 0.6) is 0 Å². The number of carbonyl (C=O) groups excluding carboxylic acids is 2. The number of nitrogens with one attached hydrogen (secondary N) is 1. The van der Waals surface area contributed by atoms with Crippen molar-refractivity contribution in [3.05, 3.63) is 71.6 Å². The van der Waals surface area contributed by atoms with Crippen molar-refractivity contribution in [2.75, 3.05) is 31.1 Å². The SMILES string of the molecule is CC(C)(C)C(=O)N(CC(=O)NC1CCN(C/C=C/c2ccc(C#N)cc2)CC1)c1ccc(F)cc1.Cl. The minimum atomic E-state index is -0.675. The highest BCUT2D eigenvalue weighted by atomic mass is 35.5. The summed E-state index contributed by atoms with van der Waals surface area (Å²) in [5.41, 5.74) is 1.53. The highest BCUT2D eigenvalue weighted by molar-refractivity contribution is 6.01. The molecule has 3 rings (SSSR count). The zero-order valence-electron chi connectivity index (χ0n) is 21.0. The Bertz CT molecular complexity index is 1080. The van der Waals surface area contributed by atoms with Crippen molar-refractivity contribution >= 4 is 36.0 Å². The summed E-state index contributed by atoms with van der Waals surface area (Å²) in [6.45, 7) is 7.85. The fourth-order valence-electron chi connectivity index (χ4n) is 3.99. The number of amides is 2. The van der Waals surface area contributed by atoms with Gasteiger partial charge in [-0.3, -0.25) is 14.5 Å². The van der Waals surface area contributed by atoms with Gasteiger partial charge < -0.3 is 10.2 Å². The summed E-state index contributed by atoms with van der Waals surface area (Å²) < 4.78 is 13.4. The second kappa shape index (κ2) is 13.2. The molecule has 0 radical (unpaired) electrons. The van der Waals surface area contributed by atoms with E-state index in [9.17, 15) is 14.0 Å². The standard InChI is InChI=1S/C28H33FN4O2.ClH/c1-28(2,3)27(35)33(25-12-10-23(29)11-13-25)20-26(34)31-24-14-17-32(18-15-24)16-4-5-21-6-8-22(19-30)9-7-21;/h4-13,24H,14-18,20H2,1-3H3,(H,31,34);1H/b5-4+;. The highest BCUT2D eigenvalue weighted by Crippen LogP contribution is 2.23. The van der Waals surface area contributed by atoms with Crippen LogP contribution < -0.4 is 10.2 Å². The molecular formula is C28H34ClFN4O2. The number of likely N-dealkylation sites (tertiary alicyclic amines) is 1. The van der Waals surface area contributed by atoms with Crippen molar-refractivity contribution in [2.45, 2.75) is 39.7 Å². The summed E-state index contributed by atoms with van der Waals surface area (Å²) >= 11 is 0. The number of anilines is 1. The van der Waals surface area contributed by atoms with E-state index in [2.05, 4.69) is 22.4 Å². The molecule has 192 valence electrons. The van der Waals surface area contributed by atoms with E-state index in [1.165, 1.54) is 29.2 Å². The number of rotatable bonds is 7. The molecule has 1 N–H and O–H groups in total. The van der Waals surface area contributed by atoms with Crippen molar-refractivity contribution < 1.29 is 14.0 Å². The molecule has 6 nitrogen and oxygen atoms in total. The fourth-order valence-corrected chi connectivity index (χ4v) is 3.99. The van der Waals surface area contributed by atoms with E-state index in [1.54, 1.807) is 32.9 Å². The van der Waals surface area contributed by atoms with Crippen LogP contribution in [-0.2, 0) is 9.59 Å². The maximum Gasteiger partial charge on any atom is 0.240 e. The van der Waals surface area contributed by atoms with Crippen molar-refractivity contribution in [1.82, 2.24) is 10.2 Å². The smallest absolute Gasteiger partial charge is 0.240 e. The van der Waals surface area contributed by atoms with Crippen LogP contribution >= 0.6 is 12.4 Å². The minimum absolute atomic E-state index is 0. The number of piperidine rings is 1. The quantitative estimate of drug-likeness (QED) is 0.578. The van der Waals surface area contributed by atoms with E-state index >= 15 is 0 Å². The zero-order valence-corrected chi connectivity index (χ0v) is 21.9. The monoisotopic (exact) mass is 512 g/mol. The maximum atomic E-state index is 13.4. The van der Waals surface area contributed by atoms with Crippen molar-refractivity contribution in [1.29, 1.82) is 5.26 Å². The van der Waals surface area contributed by atoms with Crippen LogP contribution in [0.3, 0.4) is 0 Å². The van der Waals surface area contributed by atoms with E-state index in [4.69, 9.17) is 5.26 Å². The number of hydrogen-bond acceptors (Lipinski definition) is 4. The lowest BCUT2D eigenvalue weighted by atomic mass is 9.94. The first-order valence-corrected chi connectivity index (χ1v) is 11.9. The molecule has 0 unspecified atom stereocenters. The van der Waals surface area contributed by atoms with Crippen LogP contribution in [0.2, 0.25) is 0 Å². The van der Waals surface area contributed by atoms with E-state index < -0.39 is 5.41 Å². The third-order valence-corrected chi connectivity index (χ3v) is 5.99. The molecule has 0 atom stereocenters. The lowest BCUT2D eigenvalue weighted by molar-refractivity contribution is -0.128. The largest absolute Gasteiger partial charge is 0.352 e. The number of benzene rings is 2. The summed E-state index contributed by atoms with van der Waals surface area (Å²) in [4.78, 5) is 29.6. The molecule has 0 aromatic heterocycles. The molecule has 0 aliphatic carbocycles. The molecule has 0 spiro atoms. The van der Waals surface area contributed by atoms with Gasteiger partial charge in [0.25, 0.3) is 0 Å². The lowest BCUT2D eigenvalue weighted by Crippen LogP contribution is -2.50. The van der Waals surface area contributed by atoms with Gasteiger partial charge in [-0.2, -0.15) is 5.26 Å². The lowest BCUT2D eigenvalue weighted by Gasteiger charge is -2.33. The van der Waals surface area contributed by atoms with Gasteiger partial charge in [-0.1, -0.05) is 45.1 Å². The molecule has 1 aliphatic rings. The van der Waals surface area contributed by atoms with Crippen LogP contribution in [0.4, 0.5) is 10.1 Å². The minimum Gasteiger partial charge on any atom is -0.352 e. The van der Waals surface area contributed by atoms with Gasteiger partial charge in [0.05, 0.1) is 11.6 Å². The molecule has 2 amide bonds. The first kappa shape index (κ1) is 29.0.